The van der Waals surface area contributed by atoms with E-state index in [9.17, 15) is 4.79 Å². The van der Waals surface area contributed by atoms with Gasteiger partial charge < -0.3 is 5.32 Å². The van der Waals surface area contributed by atoms with Crippen LogP contribution in [0.2, 0.25) is 0 Å². The van der Waals surface area contributed by atoms with Crippen molar-refractivity contribution in [1.29, 1.82) is 0 Å². The predicted octanol–water partition coefficient (Wildman–Crippen LogP) is 5.55. The summed E-state index contributed by atoms with van der Waals surface area (Å²) in [7, 11) is 0. The quantitative estimate of drug-likeness (QED) is 0.690. The summed E-state index contributed by atoms with van der Waals surface area (Å²) in [5, 5.41) is 3.46. The molecule has 1 saturated carbocycles. The SMILES string of the molecule is CC1CC(C)(C(=O)NC2CCN(Cc3ccccc3)CC2)CC(C)(c2ccccc2)C1. The number of rotatable bonds is 5. The van der Waals surface area contributed by atoms with Crippen molar-refractivity contribution in [2.24, 2.45) is 11.3 Å². The Kier molecular flexibility index (Phi) is 6.52. The molecule has 1 N–H and O–H groups in total. The van der Waals surface area contributed by atoms with Crippen LogP contribution in [0.4, 0.5) is 0 Å². The molecule has 2 aromatic carbocycles. The Labute approximate surface area is 188 Å². The van der Waals surface area contributed by atoms with Gasteiger partial charge in [-0.1, -0.05) is 81.4 Å². The lowest BCUT2D eigenvalue weighted by Gasteiger charge is -2.47. The van der Waals surface area contributed by atoms with Gasteiger partial charge in [0.2, 0.25) is 5.91 Å². The highest BCUT2D eigenvalue weighted by Crippen LogP contribution is 2.50. The molecule has 3 unspecified atom stereocenters. The fourth-order valence-corrected chi connectivity index (χ4v) is 6.29. The molecule has 0 bridgehead atoms. The van der Waals surface area contributed by atoms with E-state index < -0.39 is 0 Å². The second kappa shape index (κ2) is 9.16. The van der Waals surface area contributed by atoms with Crippen LogP contribution < -0.4 is 5.32 Å². The molecule has 3 heteroatoms. The van der Waals surface area contributed by atoms with Crippen molar-refractivity contribution < 1.29 is 4.79 Å². The first kappa shape index (κ1) is 22.1. The average Bonchev–Trinajstić information content (AvgIpc) is 2.75. The van der Waals surface area contributed by atoms with Gasteiger partial charge in [-0.3, -0.25) is 9.69 Å². The lowest BCUT2D eigenvalue weighted by atomic mass is 9.57. The summed E-state index contributed by atoms with van der Waals surface area (Å²) in [5.74, 6) is 0.810. The first-order valence-electron chi connectivity index (χ1n) is 12.0. The summed E-state index contributed by atoms with van der Waals surface area (Å²) in [5.41, 5.74) is 2.50. The van der Waals surface area contributed by atoms with Gasteiger partial charge in [-0.25, -0.2) is 0 Å². The zero-order valence-electron chi connectivity index (χ0n) is 19.4. The number of nitrogens with one attached hydrogen (secondary N) is 1. The maximum absolute atomic E-state index is 13.5. The normalized spacial score (nSPS) is 30.1. The van der Waals surface area contributed by atoms with E-state index in [1.165, 1.54) is 11.1 Å². The Morgan fingerprint density at radius 3 is 2.23 bits per heavy atom. The summed E-state index contributed by atoms with van der Waals surface area (Å²) in [6.07, 6.45) is 5.14. The minimum Gasteiger partial charge on any atom is -0.353 e. The van der Waals surface area contributed by atoms with Crippen molar-refractivity contribution in [1.82, 2.24) is 10.2 Å². The number of nitrogens with zero attached hydrogens (tertiary/aromatic N) is 1. The zero-order valence-corrected chi connectivity index (χ0v) is 19.4. The van der Waals surface area contributed by atoms with E-state index in [4.69, 9.17) is 0 Å². The third kappa shape index (κ3) is 5.20. The Morgan fingerprint density at radius 1 is 0.968 bits per heavy atom. The Balaban J connectivity index is 1.35. The molecule has 2 aromatic rings. The van der Waals surface area contributed by atoms with E-state index in [-0.39, 0.29) is 16.7 Å². The molecule has 1 heterocycles. The Hall–Kier alpha value is -2.13. The van der Waals surface area contributed by atoms with Crippen LogP contribution in [0.25, 0.3) is 0 Å². The summed E-state index contributed by atoms with van der Waals surface area (Å²) in [6.45, 7) is 9.97. The van der Waals surface area contributed by atoms with Gasteiger partial charge in [0, 0.05) is 31.1 Å². The van der Waals surface area contributed by atoms with Crippen LogP contribution in [-0.2, 0) is 16.8 Å². The standard InChI is InChI=1S/C28H38N2O/c1-22-18-27(2,24-12-8-5-9-13-24)21-28(3,19-22)26(31)29-25-14-16-30(17-15-25)20-23-10-6-4-7-11-23/h4-13,22,25H,14-21H2,1-3H3,(H,29,31). The van der Waals surface area contributed by atoms with Crippen molar-refractivity contribution in [2.75, 3.05) is 13.1 Å². The lowest BCUT2D eigenvalue weighted by molar-refractivity contribution is -0.135. The molecule has 31 heavy (non-hydrogen) atoms. The van der Waals surface area contributed by atoms with Crippen LogP contribution in [0.3, 0.4) is 0 Å². The Morgan fingerprint density at radius 2 is 1.58 bits per heavy atom. The smallest absolute Gasteiger partial charge is 0.226 e. The van der Waals surface area contributed by atoms with E-state index in [1.807, 2.05) is 0 Å². The van der Waals surface area contributed by atoms with Crippen LogP contribution in [0.5, 0.6) is 0 Å². The van der Waals surface area contributed by atoms with Gasteiger partial charge in [0.05, 0.1) is 0 Å². The topological polar surface area (TPSA) is 32.3 Å². The van der Waals surface area contributed by atoms with E-state index in [1.54, 1.807) is 0 Å². The number of likely N-dealkylation sites (tertiary alicyclic amines) is 1. The molecule has 3 atom stereocenters. The molecule has 166 valence electrons. The summed E-state index contributed by atoms with van der Waals surface area (Å²) >= 11 is 0. The van der Waals surface area contributed by atoms with Gasteiger partial charge in [-0.05, 0) is 54.6 Å². The first-order valence-corrected chi connectivity index (χ1v) is 12.0. The van der Waals surface area contributed by atoms with E-state index in [0.29, 0.717) is 12.0 Å². The highest BCUT2D eigenvalue weighted by Gasteiger charge is 2.47. The van der Waals surface area contributed by atoms with Crippen molar-refractivity contribution in [3.8, 4) is 0 Å². The van der Waals surface area contributed by atoms with Crippen LogP contribution >= 0.6 is 0 Å². The van der Waals surface area contributed by atoms with Crippen LogP contribution in [-0.4, -0.2) is 29.9 Å². The third-order valence-electron chi connectivity index (χ3n) is 7.57. The first-order chi connectivity index (χ1) is 14.9. The maximum atomic E-state index is 13.5. The van der Waals surface area contributed by atoms with Gasteiger partial charge >= 0.3 is 0 Å². The number of hydrogen-bond donors (Lipinski definition) is 1. The molecule has 1 aliphatic heterocycles. The summed E-state index contributed by atoms with van der Waals surface area (Å²) in [6, 6.07) is 21.8. The zero-order chi connectivity index (χ0) is 21.9. The van der Waals surface area contributed by atoms with Crippen molar-refractivity contribution in [3.63, 3.8) is 0 Å². The van der Waals surface area contributed by atoms with E-state index in [2.05, 4.69) is 91.7 Å². The molecule has 0 spiro atoms. The molecule has 2 fully saturated rings. The predicted molar refractivity (Wildman–Crippen MR) is 128 cm³/mol. The molecule has 4 rings (SSSR count). The van der Waals surface area contributed by atoms with Crippen molar-refractivity contribution in [2.45, 2.75) is 70.9 Å². The molecule has 1 amide bonds. The molecule has 0 radical (unpaired) electrons. The second-order valence-corrected chi connectivity index (χ2v) is 10.7. The van der Waals surface area contributed by atoms with E-state index >= 15 is 0 Å². The average molecular weight is 419 g/mol. The number of amides is 1. The van der Waals surface area contributed by atoms with Gasteiger partial charge in [-0.15, -0.1) is 0 Å². The van der Waals surface area contributed by atoms with Gasteiger partial charge in [0.25, 0.3) is 0 Å². The summed E-state index contributed by atoms with van der Waals surface area (Å²) in [4.78, 5) is 16.0. The number of carbonyl (C=O) groups excluding carboxylic acids is 1. The molecule has 1 aliphatic carbocycles. The number of hydrogen-bond acceptors (Lipinski definition) is 2. The largest absolute Gasteiger partial charge is 0.353 e. The third-order valence-corrected chi connectivity index (χ3v) is 7.57. The number of carbonyl (C=O) groups is 1. The fourth-order valence-electron chi connectivity index (χ4n) is 6.29. The second-order valence-electron chi connectivity index (χ2n) is 10.7. The molecular weight excluding hydrogens is 380 g/mol. The highest BCUT2D eigenvalue weighted by atomic mass is 16.2. The van der Waals surface area contributed by atoms with Gasteiger partial charge in [0.1, 0.15) is 0 Å². The minimum atomic E-state index is -0.302. The highest BCUT2D eigenvalue weighted by molar-refractivity contribution is 5.83. The van der Waals surface area contributed by atoms with Crippen LogP contribution in [0.1, 0.15) is 64.0 Å². The maximum Gasteiger partial charge on any atom is 0.226 e. The monoisotopic (exact) mass is 418 g/mol. The Bertz CT molecular complexity index is 859. The van der Waals surface area contributed by atoms with Crippen LogP contribution in [0.15, 0.2) is 60.7 Å². The van der Waals surface area contributed by atoms with E-state index in [0.717, 1.165) is 51.7 Å². The summed E-state index contributed by atoms with van der Waals surface area (Å²) < 4.78 is 0. The molecule has 3 nitrogen and oxygen atoms in total. The van der Waals surface area contributed by atoms with Gasteiger partial charge in [-0.2, -0.15) is 0 Å². The molecule has 2 aliphatic rings. The van der Waals surface area contributed by atoms with Crippen molar-refractivity contribution in [3.05, 3.63) is 71.8 Å². The number of piperidine rings is 1. The molecular formula is C28H38N2O. The fraction of sp³-hybridized carbons (Fsp3) is 0.536. The lowest BCUT2D eigenvalue weighted by Crippen LogP contribution is -2.52. The minimum absolute atomic E-state index is 0.0596. The van der Waals surface area contributed by atoms with Crippen molar-refractivity contribution >= 4 is 5.91 Å². The number of benzene rings is 2. The molecule has 1 saturated heterocycles. The van der Waals surface area contributed by atoms with Gasteiger partial charge in [0.15, 0.2) is 0 Å². The molecule has 0 aromatic heterocycles. The van der Waals surface area contributed by atoms with Crippen LogP contribution in [0, 0.1) is 11.3 Å².